The molecule has 4 heterocycles. The molecule has 0 unspecified atom stereocenters. The van der Waals surface area contributed by atoms with Crippen molar-refractivity contribution in [2.24, 2.45) is 0 Å². The van der Waals surface area contributed by atoms with Crippen LogP contribution in [0, 0.1) is 6.92 Å². The highest BCUT2D eigenvalue weighted by Crippen LogP contribution is 2.29. The van der Waals surface area contributed by atoms with Gasteiger partial charge in [-0.3, -0.25) is 14.4 Å². The summed E-state index contributed by atoms with van der Waals surface area (Å²) in [5.74, 6) is 0.0829. The monoisotopic (exact) mass is 432 g/mol. The van der Waals surface area contributed by atoms with Crippen molar-refractivity contribution in [3.8, 4) is 11.3 Å². The number of pyridine rings is 1. The van der Waals surface area contributed by atoms with Crippen molar-refractivity contribution in [3.63, 3.8) is 0 Å². The molecule has 1 saturated heterocycles. The van der Waals surface area contributed by atoms with Gasteiger partial charge in [-0.05, 0) is 37.3 Å². The quantitative estimate of drug-likeness (QED) is 0.686. The summed E-state index contributed by atoms with van der Waals surface area (Å²) in [6.45, 7) is 3.82. The van der Waals surface area contributed by atoms with Crippen molar-refractivity contribution >= 4 is 11.8 Å². The maximum atomic E-state index is 13.5. The normalized spacial score (nSPS) is 15.7. The second kappa shape index (κ2) is 8.11. The van der Waals surface area contributed by atoms with E-state index in [0.29, 0.717) is 49.6 Å². The van der Waals surface area contributed by atoms with E-state index in [9.17, 15) is 14.4 Å². The highest BCUT2D eigenvalue weighted by molar-refractivity contribution is 6.01. The van der Waals surface area contributed by atoms with Crippen molar-refractivity contribution in [1.29, 1.82) is 0 Å². The standard InChI is InChI=1S/C24H24N4O4/c1-15-19(21(26-32-15)16-7-3-2-4-8-16)23(30)28-12-9-18-17(14-28)13-25-22(29)20(18)24(31)27-10-5-6-11-27/h2-4,7-8,13H,5-6,9-12,14H2,1H3,(H,25,29). The molecule has 0 aliphatic carbocycles. The molecule has 2 aliphatic rings. The number of aromatic amines is 1. The summed E-state index contributed by atoms with van der Waals surface area (Å²) in [4.78, 5) is 45.2. The van der Waals surface area contributed by atoms with Crippen molar-refractivity contribution in [1.82, 2.24) is 19.9 Å². The number of carbonyl (C=O) groups is 2. The third-order valence-electron chi connectivity index (χ3n) is 6.31. The van der Waals surface area contributed by atoms with E-state index >= 15 is 0 Å². The Morgan fingerprint density at radius 2 is 1.72 bits per heavy atom. The van der Waals surface area contributed by atoms with E-state index in [2.05, 4.69) is 10.1 Å². The number of likely N-dealkylation sites (tertiary alicyclic amines) is 1. The predicted octanol–water partition coefficient (Wildman–Crippen LogP) is 2.77. The number of rotatable bonds is 3. The lowest BCUT2D eigenvalue weighted by Gasteiger charge is -2.30. The molecule has 2 aromatic heterocycles. The molecule has 3 aromatic rings. The van der Waals surface area contributed by atoms with Gasteiger partial charge in [-0.15, -0.1) is 0 Å². The molecule has 1 fully saturated rings. The minimum atomic E-state index is -0.360. The summed E-state index contributed by atoms with van der Waals surface area (Å²) in [5, 5.41) is 4.12. The molecule has 0 radical (unpaired) electrons. The van der Waals surface area contributed by atoms with Crippen LogP contribution in [-0.4, -0.2) is 51.4 Å². The molecule has 8 nitrogen and oxygen atoms in total. The number of nitrogens with one attached hydrogen (secondary N) is 1. The number of carbonyl (C=O) groups excluding carboxylic acids is 2. The van der Waals surface area contributed by atoms with Gasteiger partial charge in [-0.25, -0.2) is 0 Å². The summed E-state index contributed by atoms with van der Waals surface area (Å²) >= 11 is 0. The van der Waals surface area contributed by atoms with Gasteiger partial charge in [0.25, 0.3) is 17.4 Å². The summed E-state index contributed by atoms with van der Waals surface area (Å²) in [7, 11) is 0. The van der Waals surface area contributed by atoms with Crippen molar-refractivity contribution in [3.05, 3.63) is 74.9 Å². The Kier molecular flexibility index (Phi) is 5.13. The van der Waals surface area contributed by atoms with E-state index < -0.39 is 0 Å². The second-order valence-electron chi connectivity index (χ2n) is 8.30. The lowest BCUT2D eigenvalue weighted by molar-refractivity contribution is 0.0732. The first kappa shape index (κ1) is 20.2. The van der Waals surface area contributed by atoms with E-state index in [0.717, 1.165) is 29.5 Å². The number of H-pyrrole nitrogens is 1. The Morgan fingerprint density at radius 1 is 1.00 bits per heavy atom. The maximum absolute atomic E-state index is 13.5. The van der Waals surface area contributed by atoms with E-state index in [1.54, 1.807) is 22.9 Å². The number of amides is 2. The van der Waals surface area contributed by atoms with Crippen molar-refractivity contribution in [2.75, 3.05) is 19.6 Å². The molecule has 2 amide bonds. The Hall–Kier alpha value is -3.68. The lowest BCUT2D eigenvalue weighted by atomic mass is 9.95. The Labute approximate surface area is 184 Å². The number of nitrogens with zero attached hydrogens (tertiary/aromatic N) is 3. The average molecular weight is 432 g/mol. The van der Waals surface area contributed by atoms with Crippen LogP contribution < -0.4 is 5.56 Å². The molecule has 0 atom stereocenters. The molecule has 164 valence electrons. The van der Waals surface area contributed by atoms with Crippen LogP contribution in [0.1, 0.15) is 50.4 Å². The SMILES string of the molecule is Cc1onc(-c2ccccc2)c1C(=O)N1CCc2c(c[nH]c(=O)c2C(=O)N2CCCC2)C1. The number of aryl methyl sites for hydroxylation is 1. The third-order valence-corrected chi connectivity index (χ3v) is 6.31. The lowest BCUT2D eigenvalue weighted by Crippen LogP contribution is -2.40. The van der Waals surface area contributed by atoms with Gasteiger partial charge >= 0.3 is 0 Å². The largest absolute Gasteiger partial charge is 0.360 e. The Morgan fingerprint density at radius 3 is 2.47 bits per heavy atom. The zero-order valence-electron chi connectivity index (χ0n) is 17.9. The van der Waals surface area contributed by atoms with Gasteiger partial charge in [0.15, 0.2) is 0 Å². The van der Waals surface area contributed by atoms with Crippen LogP contribution in [0.2, 0.25) is 0 Å². The topological polar surface area (TPSA) is 99.5 Å². The number of fused-ring (bicyclic) bond motifs is 1. The van der Waals surface area contributed by atoms with E-state index in [1.165, 1.54) is 0 Å². The first-order chi connectivity index (χ1) is 15.5. The first-order valence-electron chi connectivity index (χ1n) is 10.9. The molecule has 8 heteroatoms. The molecule has 1 N–H and O–H groups in total. The Bertz CT molecular complexity index is 1240. The average Bonchev–Trinajstić information content (AvgIpc) is 3.48. The number of hydrogen-bond acceptors (Lipinski definition) is 5. The molecule has 1 aromatic carbocycles. The zero-order chi connectivity index (χ0) is 22.2. The van der Waals surface area contributed by atoms with Gasteiger partial charge in [0.2, 0.25) is 0 Å². The fourth-order valence-electron chi connectivity index (χ4n) is 4.62. The molecule has 32 heavy (non-hydrogen) atoms. The van der Waals surface area contributed by atoms with E-state index in [4.69, 9.17) is 4.52 Å². The van der Waals surface area contributed by atoms with Gasteiger partial charge in [-0.2, -0.15) is 0 Å². The maximum Gasteiger partial charge on any atom is 0.261 e. The summed E-state index contributed by atoms with van der Waals surface area (Å²) in [5.41, 5.74) is 3.18. The van der Waals surface area contributed by atoms with Gasteiger partial charge in [0.05, 0.1) is 0 Å². The van der Waals surface area contributed by atoms with Gasteiger partial charge in [0, 0.05) is 37.9 Å². The van der Waals surface area contributed by atoms with Crippen molar-refractivity contribution in [2.45, 2.75) is 32.7 Å². The summed E-state index contributed by atoms with van der Waals surface area (Å²) in [6.07, 6.45) is 3.99. The van der Waals surface area contributed by atoms with Crippen LogP contribution in [0.3, 0.4) is 0 Å². The second-order valence-corrected chi connectivity index (χ2v) is 8.30. The van der Waals surface area contributed by atoms with Crippen LogP contribution in [0.15, 0.2) is 45.8 Å². The number of hydrogen-bond donors (Lipinski definition) is 1. The number of benzene rings is 1. The minimum absolute atomic E-state index is 0.174. The van der Waals surface area contributed by atoms with Crippen LogP contribution in [0.25, 0.3) is 11.3 Å². The van der Waals surface area contributed by atoms with Gasteiger partial charge < -0.3 is 19.3 Å². The fraction of sp³-hybridized carbons (Fsp3) is 0.333. The van der Waals surface area contributed by atoms with Gasteiger partial charge in [-0.1, -0.05) is 35.5 Å². The highest BCUT2D eigenvalue weighted by atomic mass is 16.5. The van der Waals surface area contributed by atoms with E-state index in [-0.39, 0.29) is 22.9 Å². The van der Waals surface area contributed by atoms with Crippen LogP contribution in [0.4, 0.5) is 0 Å². The molecule has 5 rings (SSSR count). The highest BCUT2D eigenvalue weighted by Gasteiger charge is 2.32. The number of aromatic nitrogens is 2. The zero-order valence-corrected chi connectivity index (χ0v) is 17.9. The van der Waals surface area contributed by atoms with Crippen LogP contribution >= 0.6 is 0 Å². The van der Waals surface area contributed by atoms with Crippen LogP contribution in [-0.2, 0) is 13.0 Å². The van der Waals surface area contributed by atoms with Crippen LogP contribution in [0.5, 0.6) is 0 Å². The smallest absolute Gasteiger partial charge is 0.261 e. The molecular weight excluding hydrogens is 408 g/mol. The molecule has 0 spiro atoms. The summed E-state index contributed by atoms with van der Waals surface area (Å²) < 4.78 is 5.36. The first-order valence-corrected chi connectivity index (χ1v) is 10.9. The molecule has 0 saturated carbocycles. The molecular formula is C24H24N4O4. The summed E-state index contributed by atoms with van der Waals surface area (Å²) in [6, 6.07) is 9.46. The predicted molar refractivity (Wildman–Crippen MR) is 117 cm³/mol. The minimum Gasteiger partial charge on any atom is -0.360 e. The third kappa shape index (κ3) is 3.41. The van der Waals surface area contributed by atoms with Crippen molar-refractivity contribution < 1.29 is 14.1 Å². The molecule has 2 aliphatic heterocycles. The Balaban J connectivity index is 1.45. The van der Waals surface area contributed by atoms with E-state index in [1.807, 2.05) is 30.3 Å². The molecule has 0 bridgehead atoms. The van der Waals surface area contributed by atoms with Gasteiger partial charge in [0.1, 0.15) is 22.6 Å². The fourth-order valence-corrected chi connectivity index (χ4v) is 4.62.